The summed E-state index contributed by atoms with van der Waals surface area (Å²) < 4.78 is 13.4. The summed E-state index contributed by atoms with van der Waals surface area (Å²) in [5, 5.41) is 31.7. The maximum atomic E-state index is 12.5. The Morgan fingerprint density at radius 1 is 0.430 bits per heavy atom. The lowest BCUT2D eigenvalue weighted by atomic mass is 9.77. The Balaban J connectivity index is 0.000000163. The highest BCUT2D eigenvalue weighted by atomic mass is 16.5. The van der Waals surface area contributed by atoms with Crippen LogP contribution in [-0.4, -0.2) is 98.9 Å². The van der Waals surface area contributed by atoms with Crippen LogP contribution in [0.25, 0.3) is 66.6 Å². The predicted octanol–water partition coefficient (Wildman–Crippen LogP) is 15.8. The van der Waals surface area contributed by atoms with Crippen molar-refractivity contribution in [2.45, 2.75) is 43.7 Å². The predicted molar refractivity (Wildman–Crippen MR) is 394 cm³/mol. The second-order valence-corrected chi connectivity index (χ2v) is 25.8. The van der Waals surface area contributed by atoms with Crippen LogP contribution in [0.4, 0.5) is 11.6 Å². The fraction of sp³-hybridized carbons (Fsp3) is 0.190. The summed E-state index contributed by atoms with van der Waals surface area (Å²) in [6.45, 7) is 5.03. The van der Waals surface area contributed by atoms with Crippen LogP contribution in [0.1, 0.15) is 66.0 Å². The zero-order valence-corrected chi connectivity index (χ0v) is 56.1. The molecule has 8 aromatic carbocycles. The van der Waals surface area contributed by atoms with Crippen molar-refractivity contribution in [1.82, 2.24) is 49.1 Å². The van der Waals surface area contributed by atoms with E-state index in [4.69, 9.17) is 24.9 Å². The smallest absolute Gasteiger partial charge is 0.309 e. The van der Waals surface area contributed by atoms with E-state index >= 15 is 0 Å². The third-order valence-electron chi connectivity index (χ3n) is 19.9. The van der Waals surface area contributed by atoms with Crippen LogP contribution in [0.15, 0.2) is 280 Å². The molecule has 16 nitrogen and oxygen atoms in total. The quantitative estimate of drug-likeness (QED) is 0.0678. The van der Waals surface area contributed by atoms with E-state index in [0.717, 1.165) is 138 Å². The Morgan fingerprint density at radius 3 is 1.08 bits per heavy atom. The molecule has 8 heterocycles. The van der Waals surface area contributed by atoms with Gasteiger partial charge in [0.05, 0.1) is 41.9 Å². The van der Waals surface area contributed by atoms with Crippen molar-refractivity contribution < 1.29 is 19.4 Å². The number of ether oxygens (including phenoxy) is 1. The molecular weight excluding hydrogens is 1240 g/mol. The minimum absolute atomic E-state index is 0.0722. The van der Waals surface area contributed by atoms with E-state index in [1.807, 2.05) is 79.7 Å². The first-order valence-corrected chi connectivity index (χ1v) is 34.3. The van der Waals surface area contributed by atoms with Crippen molar-refractivity contribution in [3.8, 4) is 44.8 Å². The van der Waals surface area contributed by atoms with Crippen molar-refractivity contribution in [1.29, 1.82) is 0 Å². The number of aliphatic carboxylic acids is 1. The number of hydrogen-bond acceptors (Lipinski definition) is 11. The molecule has 0 atom stereocenters. The molecule has 0 saturated carbocycles. The van der Waals surface area contributed by atoms with Crippen LogP contribution in [0, 0.1) is 11.8 Å². The number of carbonyl (C=O) groups is 2. The number of rotatable bonds is 17. The largest absolute Gasteiger partial charge is 0.481 e. The maximum absolute atomic E-state index is 12.5. The normalized spacial score (nSPS) is 13.9. The summed E-state index contributed by atoms with van der Waals surface area (Å²) in [4.78, 5) is 38.1. The molecule has 496 valence electrons. The summed E-state index contributed by atoms with van der Waals surface area (Å²) in [6.07, 6.45) is 14.2. The first-order valence-electron chi connectivity index (χ1n) is 34.3. The van der Waals surface area contributed by atoms with Crippen molar-refractivity contribution in [3.63, 3.8) is 0 Å². The minimum atomic E-state index is -0.801. The third kappa shape index (κ3) is 12.0. The van der Waals surface area contributed by atoms with Gasteiger partial charge < -0.3 is 19.6 Å². The van der Waals surface area contributed by atoms with Crippen molar-refractivity contribution in [2.75, 3.05) is 42.6 Å². The van der Waals surface area contributed by atoms with Gasteiger partial charge in [0.1, 0.15) is 34.1 Å². The number of fused-ring (bicyclic) bond motifs is 2. The molecule has 16 heteroatoms. The second kappa shape index (κ2) is 27.8. The number of pyridine rings is 2. The molecule has 2 saturated heterocycles. The molecule has 0 amide bonds. The zero-order valence-electron chi connectivity index (χ0n) is 56.1. The van der Waals surface area contributed by atoms with Crippen LogP contribution in [-0.2, 0) is 39.5 Å². The summed E-state index contributed by atoms with van der Waals surface area (Å²) in [5.41, 5.74) is 14.8. The standard InChI is InChI=1S/C43H40N6O2.C41H36N6O2/c1-3-51-42(50)31-22-25-48(26-23-31)40-28-33(21-24-44-40)41-38-27-32(34-29-45-47(2)30-34)19-20-39(38)49(46-41)43(35-13-7-4-8-14-35,36-15-9-5-10-16-36)37-17-11-6-12-18-37;1-45-28-32(27-43-45)30-17-18-37-36(25-30)39(31-19-22-42-38(26-31)46-23-20-29(21-24-46)40(48)49)44-47(37)41(33-11-5-2-6-12-33,34-13-7-3-8-14-34)35-15-9-4-10-16-35/h4-21,24,27-31H,3,22-23,25-26H2,1-2H3;2-19,22,25-29H,20-21,23-24H2,1H3,(H,48,49). The van der Waals surface area contributed by atoms with E-state index in [1.165, 1.54) is 0 Å². The first kappa shape index (κ1) is 64.0. The van der Waals surface area contributed by atoms with Crippen LogP contribution in [0.5, 0.6) is 0 Å². The highest BCUT2D eigenvalue weighted by molar-refractivity contribution is 5.98. The van der Waals surface area contributed by atoms with Gasteiger partial charge in [-0.1, -0.05) is 194 Å². The van der Waals surface area contributed by atoms with E-state index < -0.39 is 17.0 Å². The molecule has 0 radical (unpaired) electrons. The summed E-state index contributed by atoms with van der Waals surface area (Å²) in [6, 6.07) is 85.2. The molecule has 0 aliphatic carbocycles. The van der Waals surface area contributed by atoms with Gasteiger partial charge in [0.25, 0.3) is 0 Å². The molecule has 2 aliphatic rings. The average molecular weight is 1320 g/mol. The monoisotopic (exact) mass is 1320 g/mol. The molecular formula is C84H76N12O4. The van der Waals surface area contributed by atoms with E-state index in [0.29, 0.717) is 32.5 Å². The topological polar surface area (TPSA) is 167 Å². The van der Waals surface area contributed by atoms with Gasteiger partial charge in [-0.15, -0.1) is 0 Å². The van der Waals surface area contributed by atoms with E-state index in [1.54, 1.807) is 0 Å². The number of carbonyl (C=O) groups excluding carboxylic acids is 1. The maximum Gasteiger partial charge on any atom is 0.309 e. The number of aryl methyl sites for hydroxylation is 2. The van der Waals surface area contributed by atoms with Gasteiger partial charge in [0.15, 0.2) is 0 Å². The number of piperidine rings is 2. The van der Waals surface area contributed by atoms with Crippen LogP contribution >= 0.6 is 0 Å². The van der Waals surface area contributed by atoms with Gasteiger partial charge in [0, 0.05) is 98.1 Å². The number of anilines is 2. The van der Waals surface area contributed by atoms with Crippen molar-refractivity contribution >= 4 is 45.4 Å². The lowest BCUT2D eigenvalue weighted by molar-refractivity contribution is -0.148. The molecule has 2 aliphatic heterocycles. The van der Waals surface area contributed by atoms with E-state index in [-0.39, 0.29) is 17.8 Å². The highest BCUT2D eigenvalue weighted by Gasteiger charge is 2.43. The number of esters is 1. The summed E-state index contributed by atoms with van der Waals surface area (Å²) >= 11 is 0. The molecule has 6 aromatic heterocycles. The Kier molecular flexibility index (Phi) is 17.8. The third-order valence-corrected chi connectivity index (χ3v) is 19.9. The molecule has 0 unspecified atom stereocenters. The number of carboxylic acids is 1. The summed E-state index contributed by atoms with van der Waals surface area (Å²) in [7, 11) is 3.87. The molecule has 1 N–H and O–H groups in total. The second-order valence-electron chi connectivity index (χ2n) is 25.8. The Bertz CT molecular complexity index is 4960. The number of benzene rings is 8. The van der Waals surface area contributed by atoms with Gasteiger partial charge in [-0.3, -0.25) is 19.0 Å². The lowest BCUT2D eigenvalue weighted by Crippen LogP contribution is -2.38. The Labute approximate surface area is 581 Å². The molecule has 14 aromatic rings. The van der Waals surface area contributed by atoms with Gasteiger partial charge >= 0.3 is 11.9 Å². The molecule has 100 heavy (non-hydrogen) atoms. The fourth-order valence-corrected chi connectivity index (χ4v) is 14.9. The zero-order chi connectivity index (χ0) is 68.2. The Morgan fingerprint density at radius 2 is 0.770 bits per heavy atom. The fourth-order valence-electron chi connectivity index (χ4n) is 14.9. The molecule has 16 rings (SSSR count). The summed E-state index contributed by atoms with van der Waals surface area (Å²) in [5.74, 6) is 0.499. The van der Waals surface area contributed by atoms with Gasteiger partial charge in [0.2, 0.25) is 0 Å². The minimum Gasteiger partial charge on any atom is -0.481 e. The lowest BCUT2D eigenvalue weighted by Gasteiger charge is -2.37. The highest BCUT2D eigenvalue weighted by Crippen LogP contribution is 2.47. The van der Waals surface area contributed by atoms with Gasteiger partial charge in [-0.25, -0.2) is 19.3 Å². The molecule has 0 spiro atoms. The number of nitrogens with zero attached hydrogens (tertiary/aromatic N) is 12. The van der Waals surface area contributed by atoms with Crippen LogP contribution in [0.3, 0.4) is 0 Å². The SMILES string of the molecule is CCOC(=O)C1CCN(c2cc(-c3nn(C(c4ccccc4)(c4ccccc4)c4ccccc4)c4ccc(-c5cnn(C)c5)cc34)ccn2)CC1.Cn1cc(-c2ccc3c(c2)c(-c2ccnc(N4CCC(C(=O)O)CC4)c2)nn3C(c2ccccc2)(c2ccccc2)c2ccccc2)cn1. The first-order chi connectivity index (χ1) is 49.1. The van der Waals surface area contributed by atoms with Crippen molar-refractivity contribution in [2.24, 2.45) is 25.9 Å². The number of hydrogen-bond donors (Lipinski definition) is 1. The molecule has 0 bridgehead atoms. The average Bonchev–Trinajstić information content (AvgIpc) is 1.47. The Hall–Kier alpha value is -12.0. The van der Waals surface area contributed by atoms with E-state index in [9.17, 15) is 14.7 Å². The van der Waals surface area contributed by atoms with Gasteiger partial charge in [-0.2, -0.15) is 20.4 Å². The van der Waals surface area contributed by atoms with E-state index in [2.05, 4.69) is 260 Å². The van der Waals surface area contributed by atoms with Crippen LogP contribution in [0.2, 0.25) is 0 Å². The van der Waals surface area contributed by atoms with Crippen LogP contribution < -0.4 is 9.80 Å². The van der Waals surface area contributed by atoms with Gasteiger partial charge in [-0.05, 0) is 126 Å². The molecule has 2 fully saturated rings. The number of aromatic nitrogens is 10. The number of carboxylic acid groups (broad SMARTS) is 1. The van der Waals surface area contributed by atoms with Crippen molar-refractivity contribution in [3.05, 3.63) is 313 Å².